The number of hydrogen-bond donors (Lipinski definition) is 2. The lowest BCUT2D eigenvalue weighted by atomic mass is 10.1. The smallest absolute Gasteiger partial charge is 0.256 e. The number of rotatable bonds is 1. The average molecular weight is 270 g/mol. The van der Waals surface area contributed by atoms with E-state index in [0.717, 1.165) is 29.0 Å². The zero-order valence-electron chi connectivity index (χ0n) is 10.4. The Morgan fingerprint density at radius 2 is 1.95 bits per heavy atom. The summed E-state index contributed by atoms with van der Waals surface area (Å²) in [6.45, 7) is 0. The molecule has 0 fully saturated rings. The van der Waals surface area contributed by atoms with Gasteiger partial charge in [0.1, 0.15) is 11.2 Å². The minimum absolute atomic E-state index is 0.0713. The Kier molecular flexibility index (Phi) is 2.38. The van der Waals surface area contributed by atoms with E-state index in [-0.39, 0.29) is 12.1 Å². The quantitative estimate of drug-likeness (QED) is 0.836. The first-order chi connectivity index (χ1) is 9.33. The lowest BCUT2D eigenvalue weighted by molar-refractivity contribution is 0.0935. The molecule has 0 spiro atoms. The largest absolute Gasteiger partial charge is 0.353 e. The van der Waals surface area contributed by atoms with E-state index in [2.05, 4.69) is 10.6 Å². The maximum absolute atomic E-state index is 12.3. The van der Waals surface area contributed by atoms with E-state index in [1.807, 2.05) is 30.3 Å². The minimum Gasteiger partial charge on any atom is -0.353 e. The fourth-order valence-electron chi connectivity index (χ4n) is 2.93. The van der Waals surface area contributed by atoms with Crippen LogP contribution < -0.4 is 10.6 Å². The minimum atomic E-state index is -0.111. The van der Waals surface area contributed by atoms with Crippen LogP contribution in [0, 0.1) is 0 Å². The normalized spacial score (nSPS) is 20.4. The van der Waals surface area contributed by atoms with E-state index in [1.165, 1.54) is 16.9 Å². The van der Waals surface area contributed by atoms with Gasteiger partial charge in [-0.15, -0.1) is 11.3 Å². The van der Waals surface area contributed by atoms with Crippen LogP contribution in [0.5, 0.6) is 0 Å². The molecular weight excluding hydrogens is 256 g/mol. The second-order valence-corrected chi connectivity index (χ2v) is 6.13. The molecule has 1 atom stereocenters. The third kappa shape index (κ3) is 1.67. The molecule has 2 N–H and O–H groups in total. The van der Waals surface area contributed by atoms with Gasteiger partial charge in [0.2, 0.25) is 0 Å². The number of benzene rings is 1. The van der Waals surface area contributed by atoms with Gasteiger partial charge in [0.15, 0.2) is 0 Å². The number of carbonyl (C=O) groups excluding carboxylic acids is 1. The van der Waals surface area contributed by atoms with Crippen LogP contribution in [0.3, 0.4) is 0 Å². The molecule has 19 heavy (non-hydrogen) atoms. The van der Waals surface area contributed by atoms with Gasteiger partial charge in [-0.25, -0.2) is 0 Å². The highest BCUT2D eigenvalue weighted by atomic mass is 32.1. The lowest BCUT2D eigenvalue weighted by Crippen LogP contribution is -2.38. The van der Waals surface area contributed by atoms with Crippen LogP contribution in [-0.4, -0.2) is 5.91 Å². The van der Waals surface area contributed by atoms with E-state index < -0.39 is 0 Å². The number of nitrogens with one attached hydrogen (secondary N) is 2. The van der Waals surface area contributed by atoms with Crippen molar-refractivity contribution >= 4 is 22.2 Å². The van der Waals surface area contributed by atoms with Gasteiger partial charge in [-0.2, -0.15) is 0 Å². The molecule has 3 nitrogen and oxygen atoms in total. The first-order valence-corrected chi connectivity index (χ1v) is 7.41. The highest BCUT2D eigenvalue weighted by Gasteiger charge is 2.32. The maximum atomic E-state index is 12.3. The molecule has 0 unspecified atom stereocenters. The predicted molar refractivity (Wildman–Crippen MR) is 76.6 cm³/mol. The van der Waals surface area contributed by atoms with Gasteiger partial charge >= 0.3 is 0 Å². The van der Waals surface area contributed by atoms with E-state index in [0.29, 0.717) is 0 Å². The monoisotopic (exact) mass is 270 g/mol. The summed E-state index contributed by atoms with van der Waals surface area (Å²) in [4.78, 5) is 13.7. The Bertz CT molecular complexity index is 648. The van der Waals surface area contributed by atoms with Crippen LogP contribution in [0.2, 0.25) is 0 Å². The molecule has 96 valence electrons. The van der Waals surface area contributed by atoms with Crippen molar-refractivity contribution in [1.82, 2.24) is 5.32 Å². The third-order valence-electron chi connectivity index (χ3n) is 3.83. The molecule has 0 saturated carbocycles. The van der Waals surface area contributed by atoms with Crippen molar-refractivity contribution in [2.75, 3.05) is 5.32 Å². The van der Waals surface area contributed by atoms with Crippen LogP contribution in [0.4, 0.5) is 5.00 Å². The molecule has 0 radical (unpaired) electrons. The van der Waals surface area contributed by atoms with Crippen LogP contribution in [0.1, 0.15) is 38.9 Å². The Labute approximate surface area is 115 Å². The molecule has 0 saturated heterocycles. The molecule has 2 aromatic rings. The van der Waals surface area contributed by atoms with Gasteiger partial charge in [0, 0.05) is 4.88 Å². The van der Waals surface area contributed by atoms with Crippen molar-refractivity contribution in [2.24, 2.45) is 0 Å². The fourth-order valence-corrected chi connectivity index (χ4v) is 4.24. The Morgan fingerprint density at radius 1 is 1.11 bits per heavy atom. The van der Waals surface area contributed by atoms with Crippen LogP contribution >= 0.6 is 11.3 Å². The van der Waals surface area contributed by atoms with Crippen molar-refractivity contribution in [3.05, 3.63) is 51.9 Å². The first kappa shape index (κ1) is 11.1. The molecule has 2 aliphatic rings. The summed E-state index contributed by atoms with van der Waals surface area (Å²) in [5.74, 6) is 0.0713. The summed E-state index contributed by atoms with van der Waals surface area (Å²) < 4.78 is 0. The Morgan fingerprint density at radius 3 is 2.79 bits per heavy atom. The van der Waals surface area contributed by atoms with Gasteiger partial charge in [0.05, 0.1) is 5.56 Å². The van der Waals surface area contributed by atoms with E-state index in [4.69, 9.17) is 0 Å². The van der Waals surface area contributed by atoms with Crippen LogP contribution in [-0.2, 0) is 12.8 Å². The van der Waals surface area contributed by atoms with Crippen molar-refractivity contribution in [3.8, 4) is 0 Å². The molecular formula is C15H14N2OS. The van der Waals surface area contributed by atoms with E-state index >= 15 is 0 Å². The van der Waals surface area contributed by atoms with Gasteiger partial charge in [-0.1, -0.05) is 30.3 Å². The van der Waals surface area contributed by atoms with Crippen molar-refractivity contribution in [1.29, 1.82) is 0 Å². The number of amides is 1. The molecule has 1 aliphatic heterocycles. The molecule has 4 heteroatoms. The second kappa shape index (κ2) is 4.10. The van der Waals surface area contributed by atoms with Crippen molar-refractivity contribution in [2.45, 2.75) is 25.4 Å². The van der Waals surface area contributed by atoms with Crippen molar-refractivity contribution in [3.63, 3.8) is 0 Å². The van der Waals surface area contributed by atoms with Gasteiger partial charge in [-0.3, -0.25) is 4.79 Å². The zero-order valence-corrected chi connectivity index (χ0v) is 11.2. The summed E-state index contributed by atoms with van der Waals surface area (Å²) >= 11 is 1.75. The number of hydrogen-bond acceptors (Lipinski definition) is 3. The van der Waals surface area contributed by atoms with Gasteiger partial charge < -0.3 is 10.6 Å². The third-order valence-corrected chi connectivity index (χ3v) is 5.06. The molecule has 4 rings (SSSR count). The number of thiophene rings is 1. The second-order valence-electron chi connectivity index (χ2n) is 5.02. The Hall–Kier alpha value is -1.81. The molecule has 1 amide bonds. The molecule has 1 aromatic heterocycles. The van der Waals surface area contributed by atoms with Crippen molar-refractivity contribution < 1.29 is 4.79 Å². The maximum Gasteiger partial charge on any atom is 0.256 e. The van der Waals surface area contributed by atoms with Gasteiger partial charge in [0.25, 0.3) is 5.91 Å². The predicted octanol–water partition coefficient (Wildman–Crippen LogP) is 3.09. The summed E-state index contributed by atoms with van der Waals surface area (Å²) in [5.41, 5.74) is 3.26. The molecule has 1 aliphatic carbocycles. The standard InChI is InChI=1S/C15H14N2OS/c18-14-12-10-7-4-8-11(10)19-15(12)17-13(16-14)9-5-2-1-3-6-9/h1-3,5-6,13,17H,4,7-8H2,(H,16,18)/t13-/m1/s1. The SMILES string of the molecule is O=C1N[C@@H](c2ccccc2)Nc2sc3c(c21)CCC3. The molecule has 0 bridgehead atoms. The van der Waals surface area contributed by atoms with E-state index in [9.17, 15) is 4.79 Å². The summed E-state index contributed by atoms with van der Waals surface area (Å²) in [7, 11) is 0. The first-order valence-electron chi connectivity index (χ1n) is 6.60. The van der Waals surface area contributed by atoms with Gasteiger partial charge in [-0.05, 0) is 30.4 Å². The summed E-state index contributed by atoms with van der Waals surface area (Å²) in [5, 5.41) is 7.56. The van der Waals surface area contributed by atoms with Crippen LogP contribution in [0.15, 0.2) is 30.3 Å². The summed E-state index contributed by atoms with van der Waals surface area (Å²) in [6.07, 6.45) is 3.24. The average Bonchev–Trinajstić information content (AvgIpc) is 2.99. The number of aryl methyl sites for hydroxylation is 1. The molecule has 1 aromatic carbocycles. The Balaban J connectivity index is 1.74. The highest BCUT2D eigenvalue weighted by molar-refractivity contribution is 7.16. The number of anilines is 1. The highest BCUT2D eigenvalue weighted by Crippen LogP contribution is 2.42. The lowest BCUT2D eigenvalue weighted by Gasteiger charge is -2.26. The number of carbonyl (C=O) groups is 1. The van der Waals surface area contributed by atoms with Crippen LogP contribution in [0.25, 0.3) is 0 Å². The topological polar surface area (TPSA) is 41.1 Å². The van der Waals surface area contributed by atoms with E-state index in [1.54, 1.807) is 11.3 Å². The summed E-state index contributed by atoms with van der Waals surface area (Å²) in [6, 6.07) is 10.0. The fraction of sp³-hybridized carbons (Fsp3) is 0.267. The molecule has 2 heterocycles. The zero-order chi connectivity index (χ0) is 12.8. The number of fused-ring (bicyclic) bond motifs is 3.